The molecule has 128 valence electrons. The normalized spacial score (nSPS) is 11.0. The van der Waals surface area contributed by atoms with E-state index in [-0.39, 0.29) is 16.7 Å². The monoisotopic (exact) mass is 444 g/mol. The number of carbonyl (C=O) groups excluding carboxylic acids is 4. The zero-order valence-electron chi connectivity index (χ0n) is 12.5. The van der Waals surface area contributed by atoms with Gasteiger partial charge in [0.2, 0.25) is 11.8 Å². The zero-order valence-corrected chi connectivity index (χ0v) is 15.7. The number of nitrogens with one attached hydrogen (secondary N) is 2. The van der Waals surface area contributed by atoms with E-state index in [1.807, 2.05) is 24.5 Å². The highest BCUT2D eigenvalue weighted by molar-refractivity contribution is 9.10. The van der Waals surface area contributed by atoms with Gasteiger partial charge >= 0.3 is 12.1 Å². The third kappa shape index (κ3) is 15.2. The number of hydrogen-bond donors (Lipinski definition) is 4. The molecule has 1 atom stereocenters. The van der Waals surface area contributed by atoms with Crippen LogP contribution in [0.4, 0.5) is 9.59 Å². The van der Waals surface area contributed by atoms with E-state index >= 15 is 0 Å². The van der Waals surface area contributed by atoms with Crippen molar-refractivity contribution in [3.8, 4) is 0 Å². The summed E-state index contributed by atoms with van der Waals surface area (Å²) in [6.07, 6.45) is 2.05. The Kier molecular flexibility index (Phi) is 14.2. The molecule has 22 heavy (non-hydrogen) atoms. The largest absolute Gasteiger partial charge is 0.351 e. The van der Waals surface area contributed by atoms with Crippen LogP contribution in [0.25, 0.3) is 0 Å². The second-order valence-electron chi connectivity index (χ2n) is 4.56. The molecule has 0 heterocycles. The molecule has 0 fully saturated rings. The number of rotatable bonds is 6. The van der Waals surface area contributed by atoms with Gasteiger partial charge in [0.05, 0.1) is 4.83 Å². The lowest BCUT2D eigenvalue weighted by Gasteiger charge is -2.11. The van der Waals surface area contributed by atoms with Gasteiger partial charge in [-0.15, -0.1) is 0 Å². The lowest BCUT2D eigenvalue weighted by molar-refractivity contribution is -0.120. The Morgan fingerprint density at radius 2 is 1.50 bits per heavy atom. The summed E-state index contributed by atoms with van der Waals surface area (Å²) >= 11 is 6.34. The van der Waals surface area contributed by atoms with Crippen molar-refractivity contribution in [3.05, 3.63) is 0 Å². The quantitative estimate of drug-likeness (QED) is 0.361. The standard InChI is InChI=1S/2C6H11BrN2O2/c1-3(2)4(7)5(10)9-6(8)11;7-4-2-1-3-5(10)9-6(8)11/h3-4H,1-2H3,(H3,8,9,10,11);1-4H2,(H3,8,9,10,11). The second kappa shape index (κ2) is 13.5. The molecule has 0 rings (SSSR count). The van der Waals surface area contributed by atoms with Crippen LogP contribution in [0.2, 0.25) is 0 Å². The molecular formula is C12H22Br2N4O4. The average Bonchev–Trinajstić information content (AvgIpc) is 2.37. The maximum Gasteiger partial charge on any atom is 0.318 e. The van der Waals surface area contributed by atoms with Gasteiger partial charge in [-0.25, -0.2) is 9.59 Å². The van der Waals surface area contributed by atoms with E-state index in [2.05, 4.69) is 31.9 Å². The van der Waals surface area contributed by atoms with Crippen molar-refractivity contribution in [3.63, 3.8) is 0 Å². The third-order valence-electron chi connectivity index (χ3n) is 2.13. The number of alkyl halides is 2. The van der Waals surface area contributed by atoms with Crippen LogP contribution in [0.3, 0.4) is 0 Å². The van der Waals surface area contributed by atoms with Crippen molar-refractivity contribution in [2.75, 3.05) is 5.33 Å². The highest BCUT2D eigenvalue weighted by atomic mass is 79.9. The molecule has 6 N–H and O–H groups in total. The highest BCUT2D eigenvalue weighted by Gasteiger charge is 2.19. The van der Waals surface area contributed by atoms with E-state index in [1.165, 1.54) is 0 Å². The molecule has 0 aliphatic heterocycles. The smallest absolute Gasteiger partial charge is 0.318 e. The van der Waals surface area contributed by atoms with Crippen LogP contribution in [-0.4, -0.2) is 34.0 Å². The minimum Gasteiger partial charge on any atom is -0.351 e. The molecule has 10 heteroatoms. The van der Waals surface area contributed by atoms with Crippen molar-refractivity contribution in [1.82, 2.24) is 10.6 Å². The Morgan fingerprint density at radius 1 is 1.00 bits per heavy atom. The average molecular weight is 446 g/mol. The molecule has 0 aliphatic carbocycles. The number of unbranched alkanes of at least 4 members (excludes halogenated alkanes) is 1. The van der Waals surface area contributed by atoms with Gasteiger partial charge in [0, 0.05) is 11.8 Å². The number of nitrogens with two attached hydrogens (primary N) is 2. The summed E-state index contributed by atoms with van der Waals surface area (Å²) in [6.45, 7) is 3.72. The van der Waals surface area contributed by atoms with E-state index in [0.29, 0.717) is 6.42 Å². The van der Waals surface area contributed by atoms with Gasteiger partial charge < -0.3 is 11.5 Å². The minimum absolute atomic E-state index is 0.134. The maximum atomic E-state index is 10.9. The molecule has 0 saturated carbocycles. The van der Waals surface area contributed by atoms with Crippen molar-refractivity contribution >= 4 is 55.7 Å². The van der Waals surface area contributed by atoms with E-state index < -0.39 is 18.0 Å². The summed E-state index contributed by atoms with van der Waals surface area (Å²) in [5, 5.41) is 4.84. The molecule has 6 amide bonds. The summed E-state index contributed by atoms with van der Waals surface area (Å²) in [5.41, 5.74) is 9.46. The predicted molar refractivity (Wildman–Crippen MR) is 90.7 cm³/mol. The van der Waals surface area contributed by atoms with Crippen LogP contribution in [0.15, 0.2) is 0 Å². The fourth-order valence-electron chi connectivity index (χ4n) is 1.07. The second-order valence-corrected chi connectivity index (χ2v) is 6.34. The van der Waals surface area contributed by atoms with Crippen LogP contribution in [0.5, 0.6) is 0 Å². The minimum atomic E-state index is -0.819. The van der Waals surface area contributed by atoms with Crippen LogP contribution in [-0.2, 0) is 9.59 Å². The molecule has 0 aromatic carbocycles. The SMILES string of the molecule is CC(C)C(Br)C(=O)NC(N)=O.NC(=O)NC(=O)CCCCBr. The summed E-state index contributed by atoms with van der Waals surface area (Å²) < 4.78 is 0. The first kappa shape index (κ1) is 23.1. The number of primary amides is 2. The molecule has 0 aromatic heterocycles. The first-order valence-corrected chi connectivity index (χ1v) is 8.55. The number of imide groups is 2. The molecule has 0 spiro atoms. The Morgan fingerprint density at radius 3 is 1.86 bits per heavy atom. The lowest BCUT2D eigenvalue weighted by Crippen LogP contribution is -2.41. The fraction of sp³-hybridized carbons (Fsp3) is 0.667. The summed E-state index contributed by atoms with van der Waals surface area (Å²) in [6, 6.07) is -1.60. The van der Waals surface area contributed by atoms with E-state index in [0.717, 1.165) is 18.2 Å². The van der Waals surface area contributed by atoms with E-state index in [9.17, 15) is 19.2 Å². The number of hydrogen-bond acceptors (Lipinski definition) is 4. The van der Waals surface area contributed by atoms with Gasteiger partial charge in [-0.05, 0) is 18.8 Å². The molecule has 8 nitrogen and oxygen atoms in total. The number of urea groups is 2. The number of halogens is 2. The first-order valence-electron chi connectivity index (χ1n) is 6.51. The van der Waals surface area contributed by atoms with Gasteiger partial charge in [-0.2, -0.15) is 0 Å². The predicted octanol–water partition coefficient (Wildman–Crippen LogP) is 1.35. The Labute approximate surface area is 146 Å². The molecule has 1 unspecified atom stereocenters. The van der Waals surface area contributed by atoms with Gasteiger partial charge in [0.15, 0.2) is 0 Å². The van der Waals surface area contributed by atoms with Gasteiger partial charge in [-0.1, -0.05) is 45.7 Å². The highest BCUT2D eigenvalue weighted by Crippen LogP contribution is 2.11. The Hall–Kier alpha value is -1.16. The van der Waals surface area contributed by atoms with Gasteiger partial charge in [-0.3, -0.25) is 20.2 Å². The van der Waals surface area contributed by atoms with Crippen molar-refractivity contribution in [1.29, 1.82) is 0 Å². The van der Waals surface area contributed by atoms with E-state index in [4.69, 9.17) is 11.5 Å². The molecule has 0 aliphatic rings. The van der Waals surface area contributed by atoms with Crippen molar-refractivity contribution < 1.29 is 19.2 Å². The zero-order chi connectivity index (χ0) is 17.7. The molecule has 0 aromatic rings. The summed E-state index contributed by atoms with van der Waals surface area (Å²) in [7, 11) is 0. The fourth-order valence-corrected chi connectivity index (χ4v) is 1.58. The van der Waals surface area contributed by atoms with Crippen LogP contribution in [0.1, 0.15) is 33.1 Å². The van der Waals surface area contributed by atoms with E-state index in [1.54, 1.807) is 0 Å². The molecule has 0 radical (unpaired) electrons. The molecule has 0 bridgehead atoms. The summed E-state index contributed by atoms with van der Waals surface area (Å²) in [5.74, 6) is -0.569. The maximum absolute atomic E-state index is 10.9. The first-order chi connectivity index (χ1) is 10.1. The third-order valence-corrected chi connectivity index (χ3v) is 4.17. The van der Waals surface area contributed by atoms with Crippen molar-refractivity contribution in [2.45, 2.75) is 37.9 Å². The van der Waals surface area contributed by atoms with Crippen LogP contribution >= 0.6 is 31.9 Å². The molecular weight excluding hydrogens is 424 g/mol. The van der Waals surface area contributed by atoms with Crippen molar-refractivity contribution in [2.24, 2.45) is 17.4 Å². The number of carbonyl (C=O) groups is 4. The van der Waals surface area contributed by atoms with Crippen LogP contribution < -0.4 is 22.1 Å². The van der Waals surface area contributed by atoms with Gasteiger partial charge in [0.25, 0.3) is 0 Å². The Bertz CT molecular complexity index is 391. The Balaban J connectivity index is 0. The molecule has 0 saturated heterocycles. The number of amides is 6. The summed E-state index contributed by atoms with van der Waals surface area (Å²) in [4.78, 5) is 41.6. The topological polar surface area (TPSA) is 144 Å². The lowest BCUT2D eigenvalue weighted by atomic mass is 10.1. The van der Waals surface area contributed by atoms with Crippen LogP contribution in [0, 0.1) is 5.92 Å². The van der Waals surface area contributed by atoms with Gasteiger partial charge in [0.1, 0.15) is 0 Å².